The smallest absolute Gasteiger partial charge is 0.306 e. The number of hydrogen-bond acceptors (Lipinski definition) is 5. The van der Waals surface area contributed by atoms with Crippen molar-refractivity contribution in [2.24, 2.45) is 0 Å². The van der Waals surface area contributed by atoms with E-state index in [1.54, 1.807) is 0 Å². The highest BCUT2D eigenvalue weighted by Gasteiger charge is 2.10. The Labute approximate surface area is 116 Å². The van der Waals surface area contributed by atoms with E-state index in [9.17, 15) is 10.1 Å². The lowest BCUT2D eigenvalue weighted by molar-refractivity contribution is -0.385. The molecule has 0 aliphatic heterocycles. The number of nitro groups is 1. The van der Waals surface area contributed by atoms with Crippen molar-refractivity contribution in [2.45, 2.75) is 6.54 Å². The molecule has 0 saturated heterocycles. The van der Waals surface area contributed by atoms with Gasteiger partial charge in [0.25, 0.3) is 0 Å². The van der Waals surface area contributed by atoms with Gasteiger partial charge in [0.2, 0.25) is 0 Å². The zero-order valence-electron chi connectivity index (χ0n) is 10.9. The molecule has 7 nitrogen and oxygen atoms in total. The van der Waals surface area contributed by atoms with E-state index < -0.39 is 4.92 Å². The quantitative estimate of drug-likeness (QED) is 0.608. The van der Waals surface area contributed by atoms with E-state index in [4.69, 9.17) is 5.11 Å². The number of rotatable bonds is 7. The normalized spacial score (nSPS) is 10.4. The number of aliphatic hydroxyl groups is 1. The first-order chi connectivity index (χ1) is 9.70. The minimum atomic E-state index is -0.466. The molecule has 0 spiro atoms. The maximum Gasteiger partial charge on any atom is 0.306 e. The van der Waals surface area contributed by atoms with E-state index >= 15 is 0 Å². The van der Waals surface area contributed by atoms with Gasteiger partial charge in [-0.3, -0.25) is 14.8 Å². The highest BCUT2D eigenvalue weighted by molar-refractivity contribution is 5.45. The Morgan fingerprint density at radius 1 is 1.30 bits per heavy atom. The highest BCUT2D eigenvalue weighted by Crippen LogP contribution is 2.13. The fourth-order valence-corrected chi connectivity index (χ4v) is 1.92. The maximum absolute atomic E-state index is 10.6. The van der Waals surface area contributed by atoms with Crippen molar-refractivity contribution in [1.82, 2.24) is 9.78 Å². The van der Waals surface area contributed by atoms with Crippen LogP contribution in [0.1, 0.15) is 0 Å². The lowest BCUT2D eigenvalue weighted by Crippen LogP contribution is -2.30. The van der Waals surface area contributed by atoms with Gasteiger partial charge in [0, 0.05) is 18.8 Å². The average molecular weight is 276 g/mol. The number of para-hydroxylation sites is 1. The van der Waals surface area contributed by atoms with Crippen molar-refractivity contribution in [3.63, 3.8) is 0 Å². The van der Waals surface area contributed by atoms with Crippen LogP contribution >= 0.6 is 0 Å². The van der Waals surface area contributed by atoms with Gasteiger partial charge < -0.3 is 10.0 Å². The Morgan fingerprint density at radius 2 is 2.05 bits per heavy atom. The molecule has 2 aromatic rings. The molecule has 1 heterocycles. The van der Waals surface area contributed by atoms with Crippen molar-refractivity contribution >= 4 is 11.4 Å². The summed E-state index contributed by atoms with van der Waals surface area (Å²) in [6.45, 7) is 1.69. The monoisotopic (exact) mass is 276 g/mol. The van der Waals surface area contributed by atoms with Crippen molar-refractivity contribution < 1.29 is 10.0 Å². The zero-order chi connectivity index (χ0) is 14.4. The van der Waals surface area contributed by atoms with Gasteiger partial charge in [-0.05, 0) is 12.1 Å². The van der Waals surface area contributed by atoms with Crippen molar-refractivity contribution in [3.05, 3.63) is 52.8 Å². The molecule has 1 aromatic heterocycles. The second-order valence-electron chi connectivity index (χ2n) is 4.26. The molecular weight excluding hydrogens is 260 g/mol. The van der Waals surface area contributed by atoms with Gasteiger partial charge in [-0.15, -0.1) is 0 Å². The van der Waals surface area contributed by atoms with Crippen LogP contribution in [0.5, 0.6) is 0 Å². The van der Waals surface area contributed by atoms with E-state index in [0.717, 1.165) is 5.69 Å². The lowest BCUT2D eigenvalue weighted by Gasteiger charge is -2.23. The summed E-state index contributed by atoms with van der Waals surface area (Å²) in [4.78, 5) is 12.1. The molecule has 0 atom stereocenters. The van der Waals surface area contributed by atoms with Crippen molar-refractivity contribution in [1.29, 1.82) is 0 Å². The number of aromatic nitrogens is 2. The number of aliphatic hydroxyl groups excluding tert-OH is 1. The molecule has 7 heteroatoms. The van der Waals surface area contributed by atoms with Crippen LogP contribution in [0.15, 0.2) is 42.7 Å². The first-order valence-corrected chi connectivity index (χ1v) is 6.28. The van der Waals surface area contributed by atoms with Crippen LogP contribution in [0.2, 0.25) is 0 Å². The van der Waals surface area contributed by atoms with Gasteiger partial charge in [-0.2, -0.15) is 5.10 Å². The molecule has 106 valence electrons. The van der Waals surface area contributed by atoms with Crippen LogP contribution in [-0.4, -0.2) is 39.5 Å². The Bertz CT molecular complexity index is 556. The largest absolute Gasteiger partial charge is 0.395 e. The minimum Gasteiger partial charge on any atom is -0.395 e. The van der Waals surface area contributed by atoms with Gasteiger partial charge in [-0.1, -0.05) is 18.2 Å². The van der Waals surface area contributed by atoms with Crippen LogP contribution in [0.4, 0.5) is 11.4 Å². The van der Waals surface area contributed by atoms with E-state index in [2.05, 4.69) is 5.10 Å². The van der Waals surface area contributed by atoms with Crippen LogP contribution < -0.4 is 4.90 Å². The third kappa shape index (κ3) is 3.55. The molecule has 0 amide bonds. The Hall–Kier alpha value is -2.41. The number of nitrogens with zero attached hydrogens (tertiary/aromatic N) is 4. The molecule has 1 N–H and O–H groups in total. The molecular formula is C13H16N4O3. The van der Waals surface area contributed by atoms with Crippen molar-refractivity contribution in [2.75, 3.05) is 24.6 Å². The fourth-order valence-electron chi connectivity index (χ4n) is 1.92. The molecule has 0 fully saturated rings. The van der Waals surface area contributed by atoms with Gasteiger partial charge in [0.1, 0.15) is 12.4 Å². The van der Waals surface area contributed by atoms with E-state index in [-0.39, 0.29) is 12.3 Å². The first kappa shape index (κ1) is 14.0. The topological polar surface area (TPSA) is 84.4 Å². The molecule has 0 saturated carbocycles. The second-order valence-corrected chi connectivity index (χ2v) is 4.26. The summed E-state index contributed by atoms with van der Waals surface area (Å²) in [5.74, 6) is 0. The summed E-state index contributed by atoms with van der Waals surface area (Å²) < 4.78 is 1.53. The predicted octanol–water partition coefficient (Wildman–Crippen LogP) is 1.29. The third-order valence-electron chi connectivity index (χ3n) is 2.92. The summed E-state index contributed by atoms with van der Waals surface area (Å²) in [7, 11) is 0. The summed E-state index contributed by atoms with van der Waals surface area (Å²) >= 11 is 0. The van der Waals surface area contributed by atoms with Crippen LogP contribution in [0, 0.1) is 10.1 Å². The average Bonchev–Trinajstić information content (AvgIpc) is 2.93. The van der Waals surface area contributed by atoms with Crippen molar-refractivity contribution in [3.8, 4) is 0 Å². The molecule has 2 rings (SSSR count). The summed E-state index contributed by atoms with van der Waals surface area (Å²) in [5, 5.41) is 23.7. The predicted molar refractivity (Wildman–Crippen MR) is 74.6 cm³/mol. The summed E-state index contributed by atoms with van der Waals surface area (Å²) in [5.41, 5.74) is 0.988. The van der Waals surface area contributed by atoms with Gasteiger partial charge in [0.05, 0.1) is 18.1 Å². The molecule has 0 aliphatic rings. The van der Waals surface area contributed by atoms with E-state index in [1.807, 2.05) is 35.2 Å². The SMILES string of the molecule is O=[N+]([O-])c1cnn(CCN(CCO)c2ccccc2)c1. The number of benzene rings is 1. The molecule has 0 aliphatic carbocycles. The van der Waals surface area contributed by atoms with Crippen LogP contribution in [-0.2, 0) is 6.54 Å². The van der Waals surface area contributed by atoms with Gasteiger partial charge >= 0.3 is 5.69 Å². The zero-order valence-corrected chi connectivity index (χ0v) is 10.9. The minimum absolute atomic E-state index is 0.0154. The first-order valence-electron chi connectivity index (χ1n) is 6.28. The van der Waals surface area contributed by atoms with Crippen LogP contribution in [0.3, 0.4) is 0 Å². The van der Waals surface area contributed by atoms with Crippen LogP contribution in [0.25, 0.3) is 0 Å². The molecule has 1 aromatic carbocycles. The van der Waals surface area contributed by atoms with E-state index in [1.165, 1.54) is 17.1 Å². The Morgan fingerprint density at radius 3 is 2.65 bits per heavy atom. The molecule has 20 heavy (non-hydrogen) atoms. The standard InChI is InChI=1S/C13H16N4O3/c18-9-8-15(12-4-2-1-3-5-12)6-7-16-11-13(10-14-16)17(19)20/h1-5,10-11,18H,6-9H2. The highest BCUT2D eigenvalue weighted by atomic mass is 16.6. The Balaban J connectivity index is 2.00. The number of anilines is 1. The van der Waals surface area contributed by atoms with Gasteiger partial charge in [-0.25, -0.2) is 0 Å². The lowest BCUT2D eigenvalue weighted by atomic mass is 10.3. The molecule has 0 unspecified atom stereocenters. The van der Waals surface area contributed by atoms with Gasteiger partial charge in [0.15, 0.2) is 0 Å². The fraction of sp³-hybridized carbons (Fsp3) is 0.308. The summed E-state index contributed by atoms with van der Waals surface area (Å²) in [6.07, 6.45) is 2.64. The number of hydrogen-bond donors (Lipinski definition) is 1. The Kier molecular flexibility index (Phi) is 4.67. The van der Waals surface area contributed by atoms with E-state index in [0.29, 0.717) is 19.6 Å². The maximum atomic E-state index is 10.6. The molecule has 0 radical (unpaired) electrons. The third-order valence-corrected chi connectivity index (χ3v) is 2.92. The second kappa shape index (κ2) is 6.67. The summed E-state index contributed by atoms with van der Waals surface area (Å²) in [6, 6.07) is 9.71. The molecule has 0 bridgehead atoms.